The highest BCUT2D eigenvalue weighted by atomic mass is 32.2. The zero-order valence-corrected chi connectivity index (χ0v) is 18.6. The van der Waals surface area contributed by atoms with Crippen molar-refractivity contribution in [3.63, 3.8) is 0 Å². The van der Waals surface area contributed by atoms with Crippen molar-refractivity contribution < 1.29 is 14.1 Å². The van der Waals surface area contributed by atoms with Crippen molar-refractivity contribution in [1.82, 2.24) is 19.7 Å². The Morgan fingerprint density at radius 3 is 2.62 bits per heavy atom. The van der Waals surface area contributed by atoms with E-state index in [-0.39, 0.29) is 12.3 Å². The average Bonchev–Trinajstić information content (AvgIpc) is 3.44. The second kappa shape index (κ2) is 10.1. The number of hydrogen-bond acceptors (Lipinski definition) is 7. The minimum Gasteiger partial charge on any atom is -0.494 e. The Balaban J connectivity index is 1.27. The molecule has 0 atom stereocenters. The van der Waals surface area contributed by atoms with Crippen molar-refractivity contribution in [2.45, 2.75) is 29.8 Å². The predicted molar refractivity (Wildman–Crippen MR) is 122 cm³/mol. The summed E-state index contributed by atoms with van der Waals surface area (Å²) in [5.41, 5.74) is 1.57. The van der Waals surface area contributed by atoms with Crippen LogP contribution in [0.3, 0.4) is 0 Å². The van der Waals surface area contributed by atoms with Crippen LogP contribution in [0.5, 0.6) is 5.75 Å². The first-order valence-corrected chi connectivity index (χ1v) is 11.0. The fourth-order valence-electron chi connectivity index (χ4n) is 2.95. The molecule has 0 unspecified atom stereocenters. The van der Waals surface area contributed by atoms with Gasteiger partial charge in [-0.1, -0.05) is 16.9 Å². The molecule has 0 radical (unpaired) electrons. The monoisotopic (exact) mass is 449 g/mol. The smallest absolute Gasteiger partial charge is 0.227 e. The van der Waals surface area contributed by atoms with Gasteiger partial charge in [0.15, 0.2) is 5.16 Å². The maximum atomic E-state index is 12.3. The van der Waals surface area contributed by atoms with Crippen molar-refractivity contribution in [3.8, 4) is 17.1 Å². The zero-order valence-electron chi connectivity index (χ0n) is 17.8. The first-order chi connectivity index (χ1) is 15.6. The minimum absolute atomic E-state index is 0.115. The van der Waals surface area contributed by atoms with Gasteiger partial charge in [0.2, 0.25) is 17.6 Å². The van der Waals surface area contributed by atoms with Crippen LogP contribution in [0, 0.1) is 0 Å². The van der Waals surface area contributed by atoms with E-state index in [1.54, 1.807) is 18.0 Å². The lowest BCUT2D eigenvalue weighted by Gasteiger charge is -2.06. The summed E-state index contributed by atoms with van der Waals surface area (Å²) in [4.78, 5) is 22.0. The number of anilines is 1. The molecule has 2 aromatic heterocycles. The molecule has 0 bridgehead atoms. The number of aryl methyl sites for hydroxylation is 2. The van der Waals surface area contributed by atoms with Gasteiger partial charge < -0.3 is 19.1 Å². The number of carbonyl (C=O) groups is 1. The summed E-state index contributed by atoms with van der Waals surface area (Å²) in [6.07, 6.45) is 4.28. The number of hydrogen-bond donors (Lipinski definition) is 1. The van der Waals surface area contributed by atoms with Crippen LogP contribution in [0.25, 0.3) is 11.4 Å². The number of imidazole rings is 1. The van der Waals surface area contributed by atoms with E-state index in [1.165, 1.54) is 0 Å². The number of nitrogens with zero attached hydrogens (tertiary/aromatic N) is 4. The first kappa shape index (κ1) is 21.6. The second-order valence-electron chi connectivity index (χ2n) is 6.96. The largest absolute Gasteiger partial charge is 0.494 e. The topological polar surface area (TPSA) is 95.1 Å². The van der Waals surface area contributed by atoms with Crippen LogP contribution in [0.1, 0.15) is 19.2 Å². The van der Waals surface area contributed by atoms with Crippen LogP contribution >= 0.6 is 11.8 Å². The molecule has 32 heavy (non-hydrogen) atoms. The maximum absolute atomic E-state index is 12.3. The van der Waals surface area contributed by atoms with Crippen LogP contribution in [0.15, 0.2) is 75.5 Å². The van der Waals surface area contributed by atoms with Gasteiger partial charge in [0.1, 0.15) is 5.75 Å². The van der Waals surface area contributed by atoms with Gasteiger partial charge in [-0.05, 0) is 55.5 Å². The molecule has 0 aliphatic carbocycles. The highest BCUT2D eigenvalue weighted by Crippen LogP contribution is 2.27. The van der Waals surface area contributed by atoms with Gasteiger partial charge in [0.05, 0.1) is 6.61 Å². The summed E-state index contributed by atoms with van der Waals surface area (Å²) in [6, 6.07) is 15.1. The molecular formula is C23H23N5O3S. The summed E-state index contributed by atoms with van der Waals surface area (Å²) in [5.74, 6) is 1.59. The minimum atomic E-state index is -0.115. The lowest BCUT2D eigenvalue weighted by atomic mass is 10.2. The van der Waals surface area contributed by atoms with Gasteiger partial charge in [0, 0.05) is 48.4 Å². The Morgan fingerprint density at radius 2 is 1.94 bits per heavy atom. The van der Waals surface area contributed by atoms with Crippen LogP contribution in [0.4, 0.5) is 5.69 Å². The summed E-state index contributed by atoms with van der Waals surface area (Å²) >= 11 is 1.56. The molecule has 0 aliphatic rings. The lowest BCUT2D eigenvalue weighted by molar-refractivity contribution is -0.116. The van der Waals surface area contributed by atoms with Crippen molar-refractivity contribution >= 4 is 23.4 Å². The summed E-state index contributed by atoms with van der Waals surface area (Å²) in [6.45, 7) is 2.55. The lowest BCUT2D eigenvalue weighted by Crippen LogP contribution is -2.12. The zero-order chi connectivity index (χ0) is 22.3. The molecule has 1 amide bonds. The summed E-state index contributed by atoms with van der Waals surface area (Å²) in [5, 5.41) is 7.80. The highest BCUT2D eigenvalue weighted by molar-refractivity contribution is 7.99. The fraction of sp³-hybridized carbons (Fsp3) is 0.217. The van der Waals surface area contributed by atoms with Crippen LogP contribution in [-0.4, -0.2) is 32.2 Å². The predicted octanol–water partition coefficient (Wildman–Crippen LogP) is 4.59. The Hall–Kier alpha value is -3.59. The number of amides is 1. The van der Waals surface area contributed by atoms with Crippen LogP contribution in [-0.2, 0) is 18.3 Å². The van der Waals surface area contributed by atoms with Gasteiger partial charge in [-0.15, -0.1) is 0 Å². The third kappa shape index (κ3) is 5.55. The molecule has 164 valence electrons. The molecule has 2 aromatic carbocycles. The molecule has 9 heteroatoms. The summed E-state index contributed by atoms with van der Waals surface area (Å²) < 4.78 is 12.7. The van der Waals surface area contributed by atoms with E-state index in [2.05, 4.69) is 20.4 Å². The van der Waals surface area contributed by atoms with Gasteiger partial charge >= 0.3 is 0 Å². The van der Waals surface area contributed by atoms with Crippen molar-refractivity contribution in [3.05, 3.63) is 66.8 Å². The van der Waals surface area contributed by atoms with Gasteiger partial charge in [-0.25, -0.2) is 4.98 Å². The molecule has 0 fully saturated rings. The van der Waals surface area contributed by atoms with Crippen LogP contribution in [0.2, 0.25) is 0 Å². The number of ether oxygens (including phenoxy) is 1. The Bertz CT molecular complexity index is 1170. The number of benzene rings is 2. The molecule has 2 heterocycles. The third-order valence-corrected chi connectivity index (χ3v) is 5.67. The second-order valence-corrected chi connectivity index (χ2v) is 8.01. The molecule has 0 spiro atoms. The van der Waals surface area contributed by atoms with Crippen molar-refractivity contribution in [2.24, 2.45) is 7.05 Å². The van der Waals surface area contributed by atoms with E-state index in [0.717, 1.165) is 27.1 Å². The molecular weight excluding hydrogens is 426 g/mol. The van der Waals surface area contributed by atoms with Gasteiger partial charge in [0.25, 0.3) is 0 Å². The molecule has 0 aliphatic heterocycles. The SMILES string of the molecule is CCOc1ccc(-c2noc(CCC(=O)Nc3ccc(Sc4nccn4C)cc3)n2)cc1. The first-order valence-electron chi connectivity index (χ1n) is 10.2. The summed E-state index contributed by atoms with van der Waals surface area (Å²) in [7, 11) is 1.95. The average molecular weight is 450 g/mol. The number of carbonyl (C=O) groups excluding carboxylic acids is 1. The number of rotatable bonds is 9. The molecule has 4 rings (SSSR count). The third-order valence-electron chi connectivity index (χ3n) is 4.58. The van der Waals surface area contributed by atoms with Crippen molar-refractivity contribution in [2.75, 3.05) is 11.9 Å². The standard InChI is InChI=1S/C23H23N5O3S/c1-3-30-18-8-4-16(5-9-18)22-26-21(31-27-22)13-12-20(29)25-17-6-10-19(11-7-17)32-23-24-14-15-28(23)2/h4-11,14-15H,3,12-13H2,1-2H3,(H,25,29). The van der Waals surface area contributed by atoms with Gasteiger partial charge in [-0.3, -0.25) is 4.79 Å². The highest BCUT2D eigenvalue weighted by Gasteiger charge is 2.11. The molecule has 4 aromatic rings. The van der Waals surface area contributed by atoms with Crippen LogP contribution < -0.4 is 10.1 Å². The molecule has 1 N–H and O–H groups in total. The quantitative estimate of drug-likeness (QED) is 0.399. The molecule has 8 nitrogen and oxygen atoms in total. The van der Waals surface area contributed by atoms with E-state index in [4.69, 9.17) is 9.26 Å². The Morgan fingerprint density at radius 1 is 1.16 bits per heavy atom. The van der Waals surface area contributed by atoms with Crippen molar-refractivity contribution in [1.29, 1.82) is 0 Å². The maximum Gasteiger partial charge on any atom is 0.227 e. The van der Waals surface area contributed by atoms with Gasteiger partial charge in [-0.2, -0.15) is 4.98 Å². The van der Waals surface area contributed by atoms with E-state index < -0.39 is 0 Å². The number of aromatic nitrogens is 4. The Labute approximate surface area is 190 Å². The number of nitrogens with one attached hydrogen (secondary N) is 1. The van der Waals surface area contributed by atoms with E-state index in [9.17, 15) is 4.79 Å². The van der Waals surface area contributed by atoms with E-state index in [0.29, 0.717) is 24.7 Å². The fourth-order valence-corrected chi connectivity index (χ4v) is 3.75. The molecule has 0 saturated heterocycles. The van der Waals surface area contributed by atoms with E-state index >= 15 is 0 Å². The van der Waals surface area contributed by atoms with E-state index in [1.807, 2.05) is 73.3 Å². The normalized spacial score (nSPS) is 10.8. The Kier molecular flexibility index (Phi) is 6.86. The molecule has 0 saturated carbocycles.